The van der Waals surface area contributed by atoms with E-state index < -0.39 is 0 Å². The summed E-state index contributed by atoms with van der Waals surface area (Å²) in [7, 11) is 0. The molecular weight excluding hydrogens is 200 g/mol. The third-order valence-corrected chi connectivity index (χ3v) is 2.97. The second-order valence-electron chi connectivity index (χ2n) is 3.72. The van der Waals surface area contributed by atoms with Crippen molar-refractivity contribution in [3.63, 3.8) is 0 Å². The first-order chi connectivity index (χ1) is 6.77. The van der Waals surface area contributed by atoms with E-state index in [0.29, 0.717) is 5.15 Å². The van der Waals surface area contributed by atoms with Gasteiger partial charge in [0.25, 0.3) is 0 Å². The first-order valence-corrected chi connectivity index (χ1v) is 5.30. The molecule has 1 aromatic heterocycles. The lowest BCUT2D eigenvalue weighted by Gasteiger charge is -2.26. The maximum Gasteiger partial charge on any atom is 0.132 e. The molecule has 0 bridgehead atoms. The predicted molar refractivity (Wildman–Crippen MR) is 54.3 cm³/mol. The highest BCUT2D eigenvalue weighted by atomic mass is 35.5. The Morgan fingerprint density at radius 2 is 2.07 bits per heavy atom. The molecule has 0 aromatic carbocycles. The Kier molecular flexibility index (Phi) is 2.99. The Bertz CT molecular complexity index is 319. The first-order valence-electron chi connectivity index (χ1n) is 4.93. The standard InChI is InChI=1S/C10H13ClN2O/c11-10-5-8(12-6-13-10)7-3-1-2-4-9(7)14/h5-7,9,14H,1-4H2. The van der Waals surface area contributed by atoms with Crippen LogP contribution in [-0.2, 0) is 0 Å². The van der Waals surface area contributed by atoms with Crippen LogP contribution in [0.25, 0.3) is 0 Å². The molecule has 2 atom stereocenters. The van der Waals surface area contributed by atoms with E-state index in [9.17, 15) is 5.11 Å². The molecule has 76 valence electrons. The lowest BCUT2D eigenvalue weighted by molar-refractivity contribution is 0.104. The molecule has 14 heavy (non-hydrogen) atoms. The van der Waals surface area contributed by atoms with Gasteiger partial charge in [-0.3, -0.25) is 0 Å². The van der Waals surface area contributed by atoms with Crippen molar-refractivity contribution in [2.24, 2.45) is 0 Å². The molecule has 0 spiro atoms. The molecule has 1 N–H and O–H groups in total. The van der Waals surface area contributed by atoms with Crippen LogP contribution < -0.4 is 0 Å². The lowest BCUT2D eigenvalue weighted by atomic mass is 9.84. The minimum atomic E-state index is -0.269. The molecule has 1 heterocycles. The van der Waals surface area contributed by atoms with Crippen molar-refractivity contribution in [3.05, 3.63) is 23.2 Å². The summed E-state index contributed by atoms with van der Waals surface area (Å²) >= 11 is 5.78. The van der Waals surface area contributed by atoms with Crippen molar-refractivity contribution < 1.29 is 5.11 Å². The van der Waals surface area contributed by atoms with Crippen LogP contribution in [0.5, 0.6) is 0 Å². The molecule has 0 radical (unpaired) electrons. The van der Waals surface area contributed by atoms with Crippen LogP contribution in [0.4, 0.5) is 0 Å². The van der Waals surface area contributed by atoms with Gasteiger partial charge in [-0.1, -0.05) is 24.4 Å². The smallest absolute Gasteiger partial charge is 0.132 e. The maximum absolute atomic E-state index is 9.81. The number of aliphatic hydroxyl groups is 1. The topological polar surface area (TPSA) is 46.0 Å². The van der Waals surface area contributed by atoms with Crippen molar-refractivity contribution >= 4 is 11.6 Å². The summed E-state index contributed by atoms with van der Waals surface area (Å²) in [6.07, 6.45) is 5.31. The van der Waals surface area contributed by atoms with Crippen LogP contribution in [0.2, 0.25) is 5.15 Å². The molecule has 1 saturated carbocycles. The van der Waals surface area contributed by atoms with Crippen molar-refractivity contribution in [2.75, 3.05) is 0 Å². The molecular formula is C10H13ClN2O. The summed E-state index contributed by atoms with van der Waals surface area (Å²) in [5.74, 6) is 0.143. The molecule has 4 heteroatoms. The van der Waals surface area contributed by atoms with Crippen molar-refractivity contribution in [1.29, 1.82) is 0 Å². The Labute approximate surface area is 88.2 Å². The van der Waals surface area contributed by atoms with E-state index in [1.165, 1.54) is 6.33 Å². The fourth-order valence-electron chi connectivity index (χ4n) is 2.01. The Morgan fingerprint density at radius 1 is 1.29 bits per heavy atom. The van der Waals surface area contributed by atoms with Crippen molar-refractivity contribution in [3.8, 4) is 0 Å². The van der Waals surface area contributed by atoms with Crippen molar-refractivity contribution in [1.82, 2.24) is 9.97 Å². The van der Waals surface area contributed by atoms with E-state index in [0.717, 1.165) is 31.4 Å². The maximum atomic E-state index is 9.81. The normalized spacial score (nSPS) is 27.6. The van der Waals surface area contributed by atoms with Crippen LogP contribution in [0.15, 0.2) is 12.4 Å². The van der Waals surface area contributed by atoms with Gasteiger partial charge >= 0.3 is 0 Å². The van der Waals surface area contributed by atoms with E-state index in [2.05, 4.69) is 9.97 Å². The van der Waals surface area contributed by atoms with Gasteiger partial charge < -0.3 is 5.11 Å². The summed E-state index contributed by atoms with van der Waals surface area (Å²) in [5.41, 5.74) is 0.872. The van der Waals surface area contributed by atoms with Crippen LogP contribution >= 0.6 is 11.6 Å². The molecule has 0 amide bonds. The van der Waals surface area contributed by atoms with Gasteiger partial charge in [0.15, 0.2) is 0 Å². The van der Waals surface area contributed by atoms with Gasteiger partial charge in [0.2, 0.25) is 0 Å². The minimum absolute atomic E-state index is 0.143. The van der Waals surface area contributed by atoms with Crippen LogP contribution in [-0.4, -0.2) is 21.2 Å². The molecule has 2 rings (SSSR count). The number of aromatic nitrogens is 2. The van der Waals surface area contributed by atoms with E-state index >= 15 is 0 Å². The minimum Gasteiger partial charge on any atom is -0.392 e. The second-order valence-corrected chi connectivity index (χ2v) is 4.11. The van der Waals surface area contributed by atoms with E-state index in [1.807, 2.05) is 0 Å². The largest absolute Gasteiger partial charge is 0.392 e. The number of rotatable bonds is 1. The number of hydrogen-bond acceptors (Lipinski definition) is 3. The van der Waals surface area contributed by atoms with Gasteiger partial charge in [0.05, 0.1) is 11.8 Å². The number of aliphatic hydroxyl groups excluding tert-OH is 1. The molecule has 2 unspecified atom stereocenters. The van der Waals surface area contributed by atoms with Gasteiger partial charge in [-0.25, -0.2) is 9.97 Å². The quantitative estimate of drug-likeness (QED) is 0.726. The summed E-state index contributed by atoms with van der Waals surface area (Å²) in [6, 6.07) is 1.75. The van der Waals surface area contributed by atoms with E-state index in [1.54, 1.807) is 6.07 Å². The molecule has 1 fully saturated rings. The highest BCUT2D eigenvalue weighted by Gasteiger charge is 2.25. The fourth-order valence-corrected chi connectivity index (χ4v) is 2.16. The number of hydrogen-bond donors (Lipinski definition) is 1. The van der Waals surface area contributed by atoms with Gasteiger partial charge in [0, 0.05) is 5.92 Å². The Morgan fingerprint density at radius 3 is 2.79 bits per heavy atom. The predicted octanol–water partition coefficient (Wildman–Crippen LogP) is 2.15. The monoisotopic (exact) mass is 212 g/mol. The zero-order chi connectivity index (χ0) is 9.97. The van der Waals surface area contributed by atoms with Gasteiger partial charge in [-0.05, 0) is 18.9 Å². The second kappa shape index (κ2) is 4.24. The lowest BCUT2D eigenvalue weighted by Crippen LogP contribution is -2.23. The van der Waals surface area contributed by atoms with Crippen molar-refractivity contribution in [2.45, 2.75) is 37.7 Å². The summed E-state index contributed by atoms with van der Waals surface area (Å²) < 4.78 is 0. The van der Waals surface area contributed by atoms with Gasteiger partial charge in [-0.15, -0.1) is 0 Å². The van der Waals surface area contributed by atoms with E-state index in [4.69, 9.17) is 11.6 Å². The van der Waals surface area contributed by atoms with Gasteiger partial charge in [0.1, 0.15) is 11.5 Å². The van der Waals surface area contributed by atoms with Gasteiger partial charge in [-0.2, -0.15) is 0 Å². The number of nitrogens with zero attached hydrogens (tertiary/aromatic N) is 2. The number of halogens is 1. The van der Waals surface area contributed by atoms with Crippen LogP contribution in [0.3, 0.4) is 0 Å². The fraction of sp³-hybridized carbons (Fsp3) is 0.600. The third-order valence-electron chi connectivity index (χ3n) is 2.76. The SMILES string of the molecule is OC1CCCCC1c1cc(Cl)ncn1. The average molecular weight is 213 g/mol. The highest BCUT2D eigenvalue weighted by Crippen LogP contribution is 2.32. The molecule has 0 saturated heterocycles. The Hall–Kier alpha value is -0.670. The molecule has 3 nitrogen and oxygen atoms in total. The Balaban J connectivity index is 2.20. The summed E-state index contributed by atoms with van der Waals surface area (Å²) in [6.45, 7) is 0. The zero-order valence-corrected chi connectivity index (χ0v) is 8.61. The van der Waals surface area contributed by atoms with Crippen LogP contribution in [0, 0.1) is 0 Å². The third kappa shape index (κ3) is 2.04. The summed E-state index contributed by atoms with van der Waals surface area (Å²) in [5, 5.41) is 10.3. The zero-order valence-electron chi connectivity index (χ0n) is 7.86. The average Bonchev–Trinajstić information content (AvgIpc) is 2.18. The molecule has 1 aromatic rings. The molecule has 1 aliphatic carbocycles. The molecule has 1 aliphatic rings. The highest BCUT2D eigenvalue weighted by molar-refractivity contribution is 6.29. The summed E-state index contributed by atoms with van der Waals surface area (Å²) in [4.78, 5) is 7.99. The van der Waals surface area contributed by atoms with Crippen LogP contribution in [0.1, 0.15) is 37.3 Å². The van der Waals surface area contributed by atoms with E-state index in [-0.39, 0.29) is 12.0 Å². The molecule has 0 aliphatic heterocycles. The first kappa shape index (κ1) is 9.87.